The molecule has 4 saturated carbocycles. The molecule has 2 bridgehead atoms. The largest absolute Gasteiger partial charge is 0.394 e. The van der Waals surface area contributed by atoms with Crippen molar-refractivity contribution in [3.63, 3.8) is 0 Å². The predicted octanol–water partition coefficient (Wildman–Crippen LogP) is 0.939. The topological polar surface area (TPSA) is 140 Å². The molecule has 1 heterocycles. The van der Waals surface area contributed by atoms with Crippen molar-refractivity contribution in [2.75, 3.05) is 19.8 Å². The highest BCUT2D eigenvalue weighted by Gasteiger charge is 2.67. The zero-order valence-electron chi connectivity index (χ0n) is 20.6. The van der Waals surface area contributed by atoms with Crippen LogP contribution < -0.4 is 0 Å². The molecule has 34 heavy (non-hydrogen) atoms. The highest BCUT2D eigenvalue weighted by Crippen LogP contribution is 2.72. The van der Waals surface area contributed by atoms with Gasteiger partial charge in [-0.2, -0.15) is 0 Å². The smallest absolute Gasteiger partial charge is 0.186 e. The van der Waals surface area contributed by atoms with E-state index in [9.17, 15) is 30.6 Å². The van der Waals surface area contributed by atoms with E-state index in [1.807, 2.05) is 0 Å². The zero-order valence-corrected chi connectivity index (χ0v) is 20.6. The Bertz CT molecular complexity index is 763. The van der Waals surface area contributed by atoms with E-state index in [4.69, 9.17) is 9.47 Å². The molecule has 12 atom stereocenters. The highest BCUT2D eigenvalue weighted by molar-refractivity contribution is 5.17. The number of aliphatic hydroxyl groups is 6. The lowest BCUT2D eigenvalue weighted by atomic mass is 9.41. The van der Waals surface area contributed by atoms with E-state index in [0.29, 0.717) is 24.9 Å². The molecule has 5 rings (SSSR count). The van der Waals surface area contributed by atoms with Gasteiger partial charge in [0.1, 0.15) is 24.4 Å². The first-order valence-electron chi connectivity index (χ1n) is 13.3. The molecule has 6 N–H and O–H groups in total. The highest BCUT2D eigenvalue weighted by atomic mass is 16.7. The first-order chi connectivity index (χ1) is 16.0. The van der Waals surface area contributed by atoms with Gasteiger partial charge in [-0.1, -0.05) is 20.3 Å². The van der Waals surface area contributed by atoms with Crippen LogP contribution in [0.2, 0.25) is 0 Å². The Morgan fingerprint density at radius 1 is 0.912 bits per heavy atom. The molecule has 12 unspecified atom stereocenters. The van der Waals surface area contributed by atoms with Crippen LogP contribution in [-0.4, -0.2) is 86.8 Å². The lowest BCUT2D eigenvalue weighted by Gasteiger charge is -2.64. The average molecular weight is 485 g/mol. The summed E-state index contributed by atoms with van der Waals surface area (Å²) in [5, 5.41) is 61.3. The van der Waals surface area contributed by atoms with Gasteiger partial charge >= 0.3 is 0 Å². The van der Waals surface area contributed by atoms with Crippen molar-refractivity contribution in [2.24, 2.45) is 34.0 Å². The summed E-state index contributed by atoms with van der Waals surface area (Å²) in [6.45, 7) is 4.47. The molecule has 1 saturated heterocycles. The van der Waals surface area contributed by atoms with E-state index >= 15 is 0 Å². The number of hydrogen-bond acceptors (Lipinski definition) is 8. The lowest BCUT2D eigenvalue weighted by molar-refractivity contribution is -0.310. The molecule has 0 aromatic heterocycles. The maximum absolute atomic E-state index is 11.2. The average Bonchev–Trinajstić information content (AvgIpc) is 3.02. The summed E-state index contributed by atoms with van der Waals surface area (Å²) < 4.78 is 11.7. The van der Waals surface area contributed by atoms with Crippen molar-refractivity contribution >= 4 is 0 Å². The van der Waals surface area contributed by atoms with E-state index in [2.05, 4.69) is 13.8 Å². The van der Waals surface area contributed by atoms with Gasteiger partial charge in [-0.15, -0.1) is 0 Å². The van der Waals surface area contributed by atoms with Crippen molar-refractivity contribution in [3.05, 3.63) is 0 Å². The second-order valence-electron chi connectivity index (χ2n) is 12.9. The van der Waals surface area contributed by atoms with Crippen molar-refractivity contribution in [1.82, 2.24) is 0 Å². The number of aliphatic hydroxyl groups excluding tert-OH is 5. The number of ether oxygens (including phenoxy) is 2. The van der Waals surface area contributed by atoms with Gasteiger partial charge in [0.2, 0.25) is 0 Å². The first-order valence-corrected chi connectivity index (χ1v) is 13.3. The third-order valence-electron chi connectivity index (χ3n) is 11.1. The van der Waals surface area contributed by atoms with Crippen LogP contribution in [0, 0.1) is 34.0 Å². The second kappa shape index (κ2) is 8.62. The summed E-state index contributed by atoms with van der Waals surface area (Å²) in [5.74, 6) is 1.15. The fraction of sp³-hybridized carbons (Fsp3) is 1.00. The Kier molecular flexibility index (Phi) is 6.42. The lowest BCUT2D eigenvalue weighted by Crippen LogP contribution is -2.60. The van der Waals surface area contributed by atoms with Crippen LogP contribution in [0.15, 0.2) is 0 Å². The summed E-state index contributed by atoms with van der Waals surface area (Å²) in [5.41, 5.74) is -0.823. The van der Waals surface area contributed by atoms with Crippen LogP contribution in [-0.2, 0) is 9.47 Å². The third kappa shape index (κ3) is 3.63. The minimum atomic E-state index is -1.43. The summed E-state index contributed by atoms with van der Waals surface area (Å²) in [4.78, 5) is 0. The molecule has 0 aromatic rings. The number of hydrogen-bond donors (Lipinski definition) is 6. The monoisotopic (exact) mass is 484 g/mol. The van der Waals surface area contributed by atoms with Gasteiger partial charge in [-0.25, -0.2) is 0 Å². The molecular weight excluding hydrogens is 440 g/mol. The van der Waals surface area contributed by atoms with E-state index < -0.39 is 42.9 Å². The number of rotatable bonds is 5. The van der Waals surface area contributed by atoms with Gasteiger partial charge in [-0.3, -0.25) is 0 Å². The maximum atomic E-state index is 11.2. The summed E-state index contributed by atoms with van der Waals surface area (Å²) in [6.07, 6.45) is 2.91. The Labute approximate surface area is 202 Å². The first kappa shape index (κ1) is 25.3. The Morgan fingerprint density at radius 3 is 2.38 bits per heavy atom. The van der Waals surface area contributed by atoms with Gasteiger partial charge in [0.25, 0.3) is 0 Å². The minimum absolute atomic E-state index is 0.113. The van der Waals surface area contributed by atoms with Crippen LogP contribution in [0.25, 0.3) is 0 Å². The van der Waals surface area contributed by atoms with Gasteiger partial charge in [0, 0.05) is 0 Å². The maximum Gasteiger partial charge on any atom is 0.186 e. The third-order valence-corrected chi connectivity index (χ3v) is 11.1. The molecule has 1 spiro atoms. The fourth-order valence-corrected chi connectivity index (χ4v) is 9.59. The predicted molar refractivity (Wildman–Crippen MR) is 122 cm³/mol. The standard InChI is InChI=1S/C26H44O8/c1-23(14-33-22-21(31)20(30)19(29)16(11-27)34-22)7-3-8-24(2)17(23)6-9-25-10-15(4-5-18(24)25)26(32,12-25)13-28/h15-22,27-32H,3-14H2,1-2H3. The molecule has 1 aliphatic heterocycles. The summed E-state index contributed by atoms with van der Waals surface area (Å²) >= 11 is 0. The summed E-state index contributed by atoms with van der Waals surface area (Å²) in [6, 6.07) is 0. The van der Waals surface area contributed by atoms with Crippen LogP contribution in [0.4, 0.5) is 0 Å². The van der Waals surface area contributed by atoms with E-state index in [-0.39, 0.29) is 28.8 Å². The van der Waals surface area contributed by atoms with Gasteiger partial charge < -0.3 is 40.1 Å². The molecule has 5 fully saturated rings. The van der Waals surface area contributed by atoms with Crippen molar-refractivity contribution in [3.8, 4) is 0 Å². The van der Waals surface area contributed by atoms with Gasteiger partial charge in [0.05, 0.1) is 25.4 Å². The van der Waals surface area contributed by atoms with Gasteiger partial charge in [-0.05, 0) is 85.4 Å². The Balaban J connectivity index is 1.34. The SMILES string of the molecule is CC1(COC2OC(CO)C(O)C(O)C2O)CCCC2(C)C1CCC13CC(CCC12)C(O)(CO)C3. The summed E-state index contributed by atoms with van der Waals surface area (Å²) in [7, 11) is 0. The second-order valence-corrected chi connectivity index (χ2v) is 12.9. The molecule has 8 nitrogen and oxygen atoms in total. The minimum Gasteiger partial charge on any atom is -0.394 e. The van der Waals surface area contributed by atoms with Crippen LogP contribution in [0.1, 0.15) is 71.6 Å². The van der Waals surface area contributed by atoms with E-state index in [0.717, 1.165) is 51.4 Å². The Morgan fingerprint density at radius 2 is 1.68 bits per heavy atom. The van der Waals surface area contributed by atoms with Crippen LogP contribution in [0.3, 0.4) is 0 Å². The fourth-order valence-electron chi connectivity index (χ4n) is 9.59. The molecule has 196 valence electrons. The molecule has 0 radical (unpaired) electrons. The van der Waals surface area contributed by atoms with Gasteiger partial charge in [0.15, 0.2) is 6.29 Å². The van der Waals surface area contributed by atoms with Crippen LogP contribution in [0.5, 0.6) is 0 Å². The molecule has 4 aliphatic carbocycles. The van der Waals surface area contributed by atoms with E-state index in [1.165, 1.54) is 0 Å². The zero-order chi connectivity index (χ0) is 24.5. The molecule has 0 aromatic carbocycles. The van der Waals surface area contributed by atoms with Crippen LogP contribution >= 0.6 is 0 Å². The quantitative estimate of drug-likeness (QED) is 0.339. The van der Waals surface area contributed by atoms with Crippen molar-refractivity contribution < 1.29 is 40.1 Å². The Hall–Kier alpha value is -0.320. The molecule has 0 amide bonds. The van der Waals surface area contributed by atoms with Crippen molar-refractivity contribution in [1.29, 1.82) is 0 Å². The normalized spacial score (nSPS) is 57.2. The number of fused-ring (bicyclic) bond motifs is 3. The van der Waals surface area contributed by atoms with Crippen molar-refractivity contribution in [2.45, 2.75) is 108 Å². The van der Waals surface area contributed by atoms with E-state index in [1.54, 1.807) is 0 Å². The molecular formula is C26H44O8. The molecule has 5 aliphatic rings. The molecule has 8 heteroatoms.